The number of hydrogen-bond acceptors (Lipinski definition) is 2. The lowest BCUT2D eigenvalue weighted by Crippen LogP contribution is -2.27. The molecule has 0 spiro atoms. The molecule has 2 nitrogen and oxygen atoms in total. The van der Waals surface area contributed by atoms with Gasteiger partial charge in [0.05, 0.1) is 11.7 Å². The lowest BCUT2D eigenvalue weighted by atomic mass is 10.1. The maximum absolute atomic E-state index is 12.9. The van der Waals surface area contributed by atoms with Crippen molar-refractivity contribution in [3.63, 3.8) is 0 Å². The van der Waals surface area contributed by atoms with Gasteiger partial charge < -0.3 is 10.1 Å². The summed E-state index contributed by atoms with van der Waals surface area (Å²) < 4.78 is 56.3. The van der Waals surface area contributed by atoms with E-state index in [9.17, 15) is 17.6 Å². The molecule has 0 saturated carbocycles. The minimum Gasteiger partial charge on any atom is -0.377 e. The van der Waals surface area contributed by atoms with Crippen LogP contribution in [0.25, 0.3) is 0 Å². The maximum atomic E-state index is 12.9. The van der Waals surface area contributed by atoms with Gasteiger partial charge >= 0.3 is 6.18 Å². The molecule has 108 valence electrons. The molecule has 19 heavy (non-hydrogen) atoms. The quantitative estimate of drug-likeness (QED) is 0.806. The molecule has 1 aromatic carbocycles. The van der Waals surface area contributed by atoms with Gasteiger partial charge in [0.15, 0.2) is 0 Å². The summed E-state index contributed by atoms with van der Waals surface area (Å²) in [6, 6.07) is 2.69. The molecule has 0 bridgehead atoms. The van der Waals surface area contributed by atoms with E-state index in [1.807, 2.05) is 13.8 Å². The number of nitrogens with one attached hydrogen (secondary N) is 1. The molecule has 0 heterocycles. The van der Waals surface area contributed by atoms with Gasteiger partial charge in [0.1, 0.15) is 5.82 Å². The molecule has 0 fully saturated rings. The molecule has 0 radical (unpaired) electrons. The van der Waals surface area contributed by atoms with Crippen LogP contribution in [0.5, 0.6) is 0 Å². The fourth-order valence-corrected chi connectivity index (χ4v) is 1.72. The third kappa shape index (κ3) is 5.16. The second-order valence-electron chi connectivity index (χ2n) is 4.20. The van der Waals surface area contributed by atoms with Crippen molar-refractivity contribution in [2.45, 2.75) is 32.7 Å². The Hall–Kier alpha value is -1.14. The third-order valence-electron chi connectivity index (χ3n) is 2.58. The zero-order valence-electron chi connectivity index (χ0n) is 10.9. The van der Waals surface area contributed by atoms with Crippen LogP contribution in [0.4, 0.5) is 17.6 Å². The predicted molar refractivity (Wildman–Crippen MR) is 64.2 cm³/mol. The summed E-state index contributed by atoms with van der Waals surface area (Å²) in [4.78, 5) is 0. The largest absolute Gasteiger partial charge is 0.416 e. The zero-order chi connectivity index (χ0) is 14.5. The Kier molecular flexibility index (Phi) is 5.75. The average Bonchev–Trinajstić information content (AvgIpc) is 2.30. The highest BCUT2D eigenvalue weighted by Crippen LogP contribution is 2.32. The van der Waals surface area contributed by atoms with Gasteiger partial charge in [-0.3, -0.25) is 0 Å². The molecule has 0 saturated heterocycles. The Labute approximate surface area is 109 Å². The normalized spacial score (nSPS) is 13.6. The molecule has 0 aliphatic rings. The molecule has 1 atom stereocenters. The molecule has 0 aromatic heterocycles. The number of benzene rings is 1. The first-order valence-electron chi connectivity index (χ1n) is 6.02. The standard InChI is InChI=1S/C13H17F4NO/c1-3-19-9(2)7-18-8-10-4-5-11(14)6-12(10)13(15,16)17/h4-6,9,18H,3,7-8H2,1-2H3. The van der Waals surface area contributed by atoms with Gasteiger partial charge in [-0.25, -0.2) is 4.39 Å². The van der Waals surface area contributed by atoms with Crippen molar-refractivity contribution < 1.29 is 22.3 Å². The highest BCUT2D eigenvalue weighted by atomic mass is 19.4. The molecule has 0 aliphatic carbocycles. The number of ether oxygens (including phenoxy) is 1. The lowest BCUT2D eigenvalue weighted by Gasteiger charge is -2.16. The minimum absolute atomic E-state index is 0.0204. The summed E-state index contributed by atoms with van der Waals surface area (Å²) in [5.41, 5.74) is -0.915. The molecule has 0 aliphatic heterocycles. The van der Waals surface area contributed by atoms with Crippen LogP contribution in [0.1, 0.15) is 25.0 Å². The Morgan fingerprint density at radius 3 is 2.58 bits per heavy atom. The molecule has 6 heteroatoms. The predicted octanol–water partition coefficient (Wildman–Crippen LogP) is 3.36. The second kappa shape index (κ2) is 6.86. The number of alkyl halides is 3. The van der Waals surface area contributed by atoms with E-state index in [4.69, 9.17) is 4.74 Å². The summed E-state index contributed by atoms with van der Waals surface area (Å²) in [5, 5.41) is 2.87. The Morgan fingerprint density at radius 2 is 2.00 bits per heavy atom. The number of halogens is 4. The second-order valence-corrected chi connectivity index (χ2v) is 4.20. The fraction of sp³-hybridized carbons (Fsp3) is 0.538. The molecule has 1 rings (SSSR count). The van der Waals surface area contributed by atoms with Crippen molar-refractivity contribution in [3.05, 3.63) is 35.1 Å². The Morgan fingerprint density at radius 1 is 1.32 bits per heavy atom. The van der Waals surface area contributed by atoms with E-state index in [0.717, 1.165) is 12.1 Å². The van der Waals surface area contributed by atoms with Gasteiger partial charge in [0.25, 0.3) is 0 Å². The van der Waals surface area contributed by atoms with E-state index in [-0.39, 0.29) is 18.2 Å². The van der Waals surface area contributed by atoms with E-state index in [0.29, 0.717) is 19.2 Å². The Bertz CT molecular complexity index is 406. The van der Waals surface area contributed by atoms with Crippen LogP contribution < -0.4 is 5.32 Å². The Balaban J connectivity index is 2.68. The first-order valence-corrected chi connectivity index (χ1v) is 6.02. The molecule has 1 N–H and O–H groups in total. The summed E-state index contributed by atoms with van der Waals surface area (Å²) in [6.45, 7) is 4.67. The summed E-state index contributed by atoms with van der Waals surface area (Å²) in [7, 11) is 0. The highest BCUT2D eigenvalue weighted by molar-refractivity contribution is 5.30. The van der Waals surface area contributed by atoms with Gasteiger partial charge in [0.2, 0.25) is 0 Å². The van der Waals surface area contributed by atoms with Crippen molar-refractivity contribution >= 4 is 0 Å². The molecule has 1 aromatic rings. The number of rotatable bonds is 6. The smallest absolute Gasteiger partial charge is 0.377 e. The van der Waals surface area contributed by atoms with Crippen LogP contribution in [-0.2, 0) is 17.5 Å². The van der Waals surface area contributed by atoms with Crippen molar-refractivity contribution in [2.24, 2.45) is 0 Å². The topological polar surface area (TPSA) is 21.3 Å². The first-order chi connectivity index (χ1) is 8.84. The van der Waals surface area contributed by atoms with Gasteiger partial charge in [-0.2, -0.15) is 13.2 Å². The van der Waals surface area contributed by atoms with Crippen LogP contribution in [0.3, 0.4) is 0 Å². The van der Waals surface area contributed by atoms with Crippen molar-refractivity contribution in [1.82, 2.24) is 5.32 Å². The maximum Gasteiger partial charge on any atom is 0.416 e. The summed E-state index contributed by atoms with van der Waals surface area (Å²) >= 11 is 0. The van der Waals surface area contributed by atoms with E-state index in [2.05, 4.69) is 5.32 Å². The van der Waals surface area contributed by atoms with E-state index in [1.54, 1.807) is 0 Å². The van der Waals surface area contributed by atoms with Gasteiger partial charge in [0, 0.05) is 19.7 Å². The van der Waals surface area contributed by atoms with Crippen molar-refractivity contribution in [3.8, 4) is 0 Å². The van der Waals surface area contributed by atoms with Crippen LogP contribution >= 0.6 is 0 Å². The minimum atomic E-state index is -4.55. The van der Waals surface area contributed by atoms with Gasteiger partial charge in [-0.15, -0.1) is 0 Å². The average molecular weight is 279 g/mol. The van der Waals surface area contributed by atoms with E-state index >= 15 is 0 Å². The zero-order valence-corrected chi connectivity index (χ0v) is 10.9. The summed E-state index contributed by atoms with van der Waals surface area (Å²) in [6.07, 6.45) is -4.63. The van der Waals surface area contributed by atoms with E-state index < -0.39 is 17.6 Å². The van der Waals surface area contributed by atoms with E-state index in [1.165, 1.54) is 0 Å². The van der Waals surface area contributed by atoms with Crippen molar-refractivity contribution in [1.29, 1.82) is 0 Å². The molecular weight excluding hydrogens is 262 g/mol. The van der Waals surface area contributed by atoms with Crippen LogP contribution in [0.2, 0.25) is 0 Å². The SMILES string of the molecule is CCOC(C)CNCc1ccc(F)cc1C(F)(F)F. The van der Waals surface area contributed by atoms with Crippen LogP contribution in [0.15, 0.2) is 18.2 Å². The van der Waals surface area contributed by atoms with Crippen LogP contribution in [-0.4, -0.2) is 19.3 Å². The molecule has 0 amide bonds. The lowest BCUT2D eigenvalue weighted by molar-refractivity contribution is -0.138. The van der Waals surface area contributed by atoms with Gasteiger partial charge in [-0.05, 0) is 31.5 Å². The first kappa shape index (κ1) is 15.9. The van der Waals surface area contributed by atoms with Crippen molar-refractivity contribution in [2.75, 3.05) is 13.2 Å². The third-order valence-corrected chi connectivity index (χ3v) is 2.58. The monoisotopic (exact) mass is 279 g/mol. The molecule has 1 unspecified atom stereocenters. The van der Waals surface area contributed by atoms with Crippen LogP contribution in [0, 0.1) is 5.82 Å². The highest BCUT2D eigenvalue weighted by Gasteiger charge is 2.33. The molecular formula is C13H17F4NO. The van der Waals surface area contributed by atoms with Gasteiger partial charge in [-0.1, -0.05) is 6.07 Å². The number of hydrogen-bond donors (Lipinski definition) is 1. The fourth-order valence-electron chi connectivity index (χ4n) is 1.72. The summed E-state index contributed by atoms with van der Waals surface area (Å²) in [5.74, 6) is -0.890.